The van der Waals surface area contributed by atoms with Crippen molar-refractivity contribution in [2.75, 3.05) is 43.0 Å². The SMILES string of the molecule is CC(=O)c1ccc(N2CCN(C(=O)c3ccccc3N(C)C(=O)C3CC3)CC2)cc1. The first kappa shape index (κ1) is 20.1. The molecular weight excluding hydrogens is 378 g/mol. The summed E-state index contributed by atoms with van der Waals surface area (Å²) in [7, 11) is 1.76. The van der Waals surface area contributed by atoms with Gasteiger partial charge in [-0.2, -0.15) is 0 Å². The number of hydrogen-bond donors (Lipinski definition) is 0. The van der Waals surface area contributed by atoms with Crippen molar-refractivity contribution in [2.24, 2.45) is 5.92 Å². The second-order valence-electron chi connectivity index (χ2n) is 8.07. The molecule has 1 heterocycles. The van der Waals surface area contributed by atoms with Crippen molar-refractivity contribution in [2.45, 2.75) is 19.8 Å². The molecule has 0 unspecified atom stereocenters. The molecule has 0 aromatic heterocycles. The van der Waals surface area contributed by atoms with Crippen LogP contribution in [0.15, 0.2) is 48.5 Å². The standard InChI is InChI=1S/C24H27N3O3/c1-17(28)18-9-11-20(12-10-18)26-13-15-27(16-14-26)24(30)21-5-3-4-6-22(21)25(2)23(29)19-7-8-19/h3-6,9-12,19H,7-8,13-16H2,1-2H3. The first-order valence-electron chi connectivity index (χ1n) is 10.5. The second-order valence-corrected chi connectivity index (χ2v) is 8.07. The number of hydrogen-bond acceptors (Lipinski definition) is 4. The van der Waals surface area contributed by atoms with E-state index in [1.165, 1.54) is 0 Å². The number of nitrogens with zero attached hydrogens (tertiary/aromatic N) is 3. The van der Waals surface area contributed by atoms with Crippen LogP contribution in [-0.4, -0.2) is 55.7 Å². The Balaban J connectivity index is 1.43. The molecule has 30 heavy (non-hydrogen) atoms. The van der Waals surface area contributed by atoms with Gasteiger partial charge in [0, 0.05) is 50.4 Å². The lowest BCUT2D eigenvalue weighted by Gasteiger charge is -2.36. The second kappa shape index (κ2) is 8.30. The smallest absolute Gasteiger partial charge is 0.256 e. The predicted octanol–water partition coefficient (Wildman–Crippen LogP) is 3.22. The quantitative estimate of drug-likeness (QED) is 0.717. The van der Waals surface area contributed by atoms with Gasteiger partial charge in [-0.1, -0.05) is 12.1 Å². The van der Waals surface area contributed by atoms with Gasteiger partial charge in [0.05, 0.1) is 11.3 Å². The number of Topliss-reactive ketones (excluding diaryl/α,β-unsaturated/α-hetero) is 1. The number of amides is 2. The number of anilines is 2. The molecule has 4 rings (SSSR count). The minimum absolute atomic E-state index is 0.0346. The average molecular weight is 405 g/mol. The summed E-state index contributed by atoms with van der Waals surface area (Å²) in [5.41, 5.74) is 3.02. The highest BCUT2D eigenvalue weighted by Crippen LogP contribution is 2.33. The van der Waals surface area contributed by atoms with Gasteiger partial charge in [-0.15, -0.1) is 0 Å². The summed E-state index contributed by atoms with van der Waals surface area (Å²) >= 11 is 0. The zero-order chi connectivity index (χ0) is 21.3. The normalized spacial score (nSPS) is 16.3. The number of ketones is 1. The van der Waals surface area contributed by atoms with Gasteiger partial charge >= 0.3 is 0 Å². The Kier molecular flexibility index (Phi) is 5.57. The first-order chi connectivity index (χ1) is 14.5. The highest BCUT2D eigenvalue weighted by molar-refractivity contribution is 6.05. The van der Waals surface area contributed by atoms with Gasteiger partial charge in [-0.05, 0) is 56.2 Å². The van der Waals surface area contributed by atoms with Gasteiger partial charge in [0.1, 0.15) is 0 Å². The van der Waals surface area contributed by atoms with E-state index in [4.69, 9.17) is 0 Å². The summed E-state index contributed by atoms with van der Waals surface area (Å²) in [5.74, 6) is 0.221. The van der Waals surface area contributed by atoms with E-state index >= 15 is 0 Å². The van der Waals surface area contributed by atoms with Crippen molar-refractivity contribution in [1.82, 2.24) is 4.90 Å². The number of benzene rings is 2. The molecule has 2 fully saturated rings. The maximum Gasteiger partial charge on any atom is 0.256 e. The Labute approximate surface area is 177 Å². The third-order valence-electron chi connectivity index (χ3n) is 5.96. The average Bonchev–Trinajstić information content (AvgIpc) is 3.63. The number of carbonyl (C=O) groups excluding carboxylic acids is 3. The molecule has 2 amide bonds. The Hall–Kier alpha value is -3.15. The van der Waals surface area contributed by atoms with Crippen molar-refractivity contribution in [3.8, 4) is 0 Å². The molecule has 0 atom stereocenters. The van der Waals surface area contributed by atoms with Crippen molar-refractivity contribution < 1.29 is 14.4 Å². The molecule has 2 aromatic rings. The van der Waals surface area contributed by atoms with Crippen molar-refractivity contribution >= 4 is 29.0 Å². The van der Waals surface area contributed by atoms with Crippen LogP contribution < -0.4 is 9.80 Å². The summed E-state index contributed by atoms with van der Waals surface area (Å²) < 4.78 is 0. The molecule has 0 N–H and O–H groups in total. The van der Waals surface area contributed by atoms with Gasteiger partial charge < -0.3 is 14.7 Å². The van der Waals surface area contributed by atoms with E-state index in [1.807, 2.05) is 47.4 Å². The predicted molar refractivity (Wildman–Crippen MR) is 117 cm³/mol. The minimum Gasteiger partial charge on any atom is -0.368 e. The minimum atomic E-state index is -0.0346. The lowest BCUT2D eigenvalue weighted by molar-refractivity contribution is -0.119. The molecule has 2 aromatic carbocycles. The van der Waals surface area contributed by atoms with E-state index in [9.17, 15) is 14.4 Å². The Morgan fingerprint density at radius 3 is 2.13 bits per heavy atom. The summed E-state index contributed by atoms with van der Waals surface area (Å²) in [6.07, 6.45) is 1.88. The molecule has 0 radical (unpaired) electrons. The van der Waals surface area contributed by atoms with E-state index in [-0.39, 0.29) is 23.5 Å². The van der Waals surface area contributed by atoms with Gasteiger partial charge in [-0.3, -0.25) is 14.4 Å². The lowest BCUT2D eigenvalue weighted by Crippen LogP contribution is -2.49. The largest absolute Gasteiger partial charge is 0.368 e. The maximum absolute atomic E-state index is 13.2. The molecule has 156 valence electrons. The Bertz CT molecular complexity index is 958. The molecule has 1 saturated carbocycles. The molecule has 1 aliphatic heterocycles. The Morgan fingerprint density at radius 1 is 0.900 bits per heavy atom. The Morgan fingerprint density at radius 2 is 1.53 bits per heavy atom. The summed E-state index contributed by atoms with van der Waals surface area (Å²) in [5, 5.41) is 0. The van der Waals surface area contributed by atoms with E-state index in [2.05, 4.69) is 4.90 Å². The zero-order valence-corrected chi connectivity index (χ0v) is 17.5. The van der Waals surface area contributed by atoms with Gasteiger partial charge in [0.2, 0.25) is 5.91 Å². The van der Waals surface area contributed by atoms with Gasteiger partial charge in [0.25, 0.3) is 5.91 Å². The number of rotatable bonds is 5. The maximum atomic E-state index is 13.2. The van der Waals surface area contributed by atoms with Crippen molar-refractivity contribution in [3.05, 3.63) is 59.7 Å². The van der Waals surface area contributed by atoms with E-state index in [0.29, 0.717) is 29.9 Å². The van der Waals surface area contributed by atoms with Gasteiger partial charge in [-0.25, -0.2) is 0 Å². The number of piperazine rings is 1. The fourth-order valence-corrected chi connectivity index (χ4v) is 3.91. The molecule has 2 aliphatic rings. The zero-order valence-electron chi connectivity index (χ0n) is 17.5. The lowest BCUT2D eigenvalue weighted by atomic mass is 10.1. The van der Waals surface area contributed by atoms with Crippen molar-refractivity contribution in [3.63, 3.8) is 0 Å². The molecule has 6 heteroatoms. The molecule has 1 aliphatic carbocycles. The van der Waals surface area contributed by atoms with Crippen LogP contribution in [0, 0.1) is 5.92 Å². The third-order valence-corrected chi connectivity index (χ3v) is 5.96. The topological polar surface area (TPSA) is 60.9 Å². The van der Waals surface area contributed by atoms with Crippen LogP contribution in [0.25, 0.3) is 0 Å². The van der Waals surface area contributed by atoms with Crippen LogP contribution in [0.2, 0.25) is 0 Å². The van der Waals surface area contributed by atoms with Crippen LogP contribution >= 0.6 is 0 Å². The van der Waals surface area contributed by atoms with E-state index in [0.717, 1.165) is 31.6 Å². The van der Waals surface area contributed by atoms with Gasteiger partial charge in [0.15, 0.2) is 5.78 Å². The summed E-state index contributed by atoms with van der Waals surface area (Å²) in [4.78, 5) is 42.9. The molecular formula is C24H27N3O3. The molecule has 1 saturated heterocycles. The monoisotopic (exact) mass is 405 g/mol. The first-order valence-corrected chi connectivity index (χ1v) is 10.5. The van der Waals surface area contributed by atoms with E-state index in [1.54, 1.807) is 24.9 Å². The van der Waals surface area contributed by atoms with Crippen molar-refractivity contribution in [1.29, 1.82) is 0 Å². The van der Waals surface area contributed by atoms with Crippen LogP contribution in [0.5, 0.6) is 0 Å². The fourth-order valence-electron chi connectivity index (χ4n) is 3.91. The number of para-hydroxylation sites is 1. The highest BCUT2D eigenvalue weighted by Gasteiger charge is 2.34. The highest BCUT2D eigenvalue weighted by atomic mass is 16.2. The number of carbonyl (C=O) groups is 3. The van der Waals surface area contributed by atoms with E-state index < -0.39 is 0 Å². The van der Waals surface area contributed by atoms with Crippen LogP contribution in [0.3, 0.4) is 0 Å². The molecule has 0 spiro atoms. The summed E-state index contributed by atoms with van der Waals surface area (Å²) in [6.45, 7) is 4.24. The molecule has 0 bridgehead atoms. The fraction of sp³-hybridized carbons (Fsp3) is 0.375. The summed E-state index contributed by atoms with van der Waals surface area (Å²) in [6, 6.07) is 15.0. The third kappa shape index (κ3) is 4.08. The van der Waals surface area contributed by atoms with Crippen LogP contribution in [0.1, 0.15) is 40.5 Å². The molecule has 6 nitrogen and oxygen atoms in total. The van der Waals surface area contributed by atoms with Crippen LogP contribution in [0.4, 0.5) is 11.4 Å². The van der Waals surface area contributed by atoms with Crippen LogP contribution in [-0.2, 0) is 4.79 Å².